The third-order valence-corrected chi connectivity index (χ3v) is 3.87. The molecule has 1 aliphatic rings. The van der Waals surface area contributed by atoms with Crippen molar-refractivity contribution in [1.29, 1.82) is 0 Å². The van der Waals surface area contributed by atoms with E-state index in [4.69, 9.17) is 0 Å². The van der Waals surface area contributed by atoms with Gasteiger partial charge in [0, 0.05) is 38.2 Å². The van der Waals surface area contributed by atoms with E-state index in [9.17, 15) is 9.59 Å². The van der Waals surface area contributed by atoms with Gasteiger partial charge in [-0.1, -0.05) is 12.1 Å². The molecule has 2 amide bonds. The Hall–Kier alpha value is -2.57. The van der Waals surface area contributed by atoms with Crippen LogP contribution >= 0.6 is 0 Å². The summed E-state index contributed by atoms with van der Waals surface area (Å²) in [5, 5.41) is 11.9. The molecule has 136 valence electrons. The van der Waals surface area contributed by atoms with Gasteiger partial charge in [-0.15, -0.1) is 0 Å². The van der Waals surface area contributed by atoms with E-state index < -0.39 is 0 Å². The van der Waals surface area contributed by atoms with Crippen molar-refractivity contribution in [3.63, 3.8) is 0 Å². The van der Waals surface area contributed by atoms with Gasteiger partial charge in [-0.25, -0.2) is 4.99 Å². The Balaban J connectivity index is 1.79. The fourth-order valence-electron chi connectivity index (χ4n) is 2.27. The number of rotatable bonds is 8. The molecule has 0 atom stereocenters. The van der Waals surface area contributed by atoms with Crippen LogP contribution in [0.5, 0.6) is 0 Å². The van der Waals surface area contributed by atoms with Crippen molar-refractivity contribution >= 4 is 17.8 Å². The molecule has 1 saturated carbocycles. The first-order valence-electron chi connectivity index (χ1n) is 8.75. The lowest BCUT2D eigenvalue weighted by atomic mass is 10.1. The number of carbonyl (C=O) groups is 2. The molecule has 0 bridgehead atoms. The molecule has 1 fully saturated rings. The van der Waals surface area contributed by atoms with E-state index in [2.05, 4.69) is 26.3 Å². The molecule has 7 heteroatoms. The molecule has 0 aromatic heterocycles. The Morgan fingerprint density at radius 3 is 2.36 bits per heavy atom. The minimum Gasteiger partial charge on any atom is -0.357 e. The third kappa shape index (κ3) is 6.45. The van der Waals surface area contributed by atoms with E-state index in [1.54, 1.807) is 19.2 Å². The Morgan fingerprint density at radius 1 is 1.08 bits per heavy atom. The lowest BCUT2D eigenvalue weighted by Gasteiger charge is -2.12. The number of benzene rings is 1. The minimum absolute atomic E-state index is 0.0988. The first kappa shape index (κ1) is 18.8. The van der Waals surface area contributed by atoms with Crippen molar-refractivity contribution in [3.8, 4) is 0 Å². The van der Waals surface area contributed by atoms with Crippen molar-refractivity contribution in [2.24, 2.45) is 10.9 Å². The van der Waals surface area contributed by atoms with Gasteiger partial charge in [0.1, 0.15) is 0 Å². The monoisotopic (exact) mass is 345 g/mol. The predicted molar refractivity (Wildman–Crippen MR) is 98.4 cm³/mol. The second-order valence-corrected chi connectivity index (χ2v) is 5.96. The van der Waals surface area contributed by atoms with Crippen LogP contribution in [-0.2, 0) is 11.3 Å². The predicted octanol–water partition coefficient (Wildman–Crippen LogP) is 0.628. The van der Waals surface area contributed by atoms with Crippen LogP contribution in [0.25, 0.3) is 0 Å². The number of amides is 2. The Bertz CT molecular complexity index is 608. The quantitative estimate of drug-likeness (QED) is 0.316. The van der Waals surface area contributed by atoms with Gasteiger partial charge in [-0.05, 0) is 37.5 Å². The first-order valence-corrected chi connectivity index (χ1v) is 8.75. The van der Waals surface area contributed by atoms with Gasteiger partial charge in [-0.2, -0.15) is 0 Å². The summed E-state index contributed by atoms with van der Waals surface area (Å²) in [6.45, 7) is 4.48. The second-order valence-electron chi connectivity index (χ2n) is 5.96. The molecule has 0 heterocycles. The summed E-state index contributed by atoms with van der Waals surface area (Å²) >= 11 is 0. The third-order valence-electron chi connectivity index (χ3n) is 3.87. The van der Waals surface area contributed by atoms with Crippen LogP contribution in [0.3, 0.4) is 0 Å². The Labute approximate surface area is 148 Å². The zero-order chi connectivity index (χ0) is 18.1. The summed E-state index contributed by atoms with van der Waals surface area (Å²) in [6.07, 6.45) is 2.03. The highest BCUT2D eigenvalue weighted by Crippen LogP contribution is 2.28. The molecule has 25 heavy (non-hydrogen) atoms. The second kappa shape index (κ2) is 9.66. The number of nitrogens with zero attached hydrogens (tertiary/aromatic N) is 1. The summed E-state index contributed by atoms with van der Waals surface area (Å²) in [6, 6.07) is 7.37. The van der Waals surface area contributed by atoms with E-state index in [1.165, 1.54) is 0 Å². The summed E-state index contributed by atoms with van der Waals surface area (Å²) < 4.78 is 0. The van der Waals surface area contributed by atoms with Crippen molar-refractivity contribution in [2.75, 3.05) is 26.7 Å². The molecule has 0 radical (unpaired) electrons. The molecule has 4 N–H and O–H groups in total. The van der Waals surface area contributed by atoms with Crippen LogP contribution < -0.4 is 21.3 Å². The number of carbonyl (C=O) groups excluding carboxylic acids is 2. The number of nitrogens with one attached hydrogen (secondary N) is 4. The molecule has 0 spiro atoms. The average Bonchev–Trinajstić information content (AvgIpc) is 3.48. The van der Waals surface area contributed by atoms with Gasteiger partial charge in [0.15, 0.2) is 5.96 Å². The van der Waals surface area contributed by atoms with Crippen LogP contribution in [-0.4, -0.2) is 44.5 Å². The zero-order valence-electron chi connectivity index (χ0n) is 14.9. The van der Waals surface area contributed by atoms with Crippen molar-refractivity contribution in [3.05, 3.63) is 35.4 Å². The number of hydrogen-bond acceptors (Lipinski definition) is 3. The van der Waals surface area contributed by atoms with Crippen molar-refractivity contribution < 1.29 is 9.59 Å². The van der Waals surface area contributed by atoms with E-state index >= 15 is 0 Å². The average molecular weight is 345 g/mol. The van der Waals surface area contributed by atoms with Gasteiger partial charge < -0.3 is 21.3 Å². The summed E-state index contributed by atoms with van der Waals surface area (Å²) in [7, 11) is 1.61. The molecule has 0 unspecified atom stereocenters. The summed E-state index contributed by atoms with van der Waals surface area (Å²) in [5.74, 6) is 0.997. The van der Waals surface area contributed by atoms with Crippen molar-refractivity contribution in [1.82, 2.24) is 21.3 Å². The molecule has 1 aromatic rings. The van der Waals surface area contributed by atoms with Crippen LogP contribution in [0, 0.1) is 5.92 Å². The topological polar surface area (TPSA) is 94.6 Å². The summed E-state index contributed by atoms with van der Waals surface area (Å²) in [4.78, 5) is 27.6. The largest absolute Gasteiger partial charge is 0.357 e. The highest BCUT2D eigenvalue weighted by molar-refractivity contribution is 5.93. The van der Waals surface area contributed by atoms with Crippen molar-refractivity contribution in [2.45, 2.75) is 26.3 Å². The van der Waals surface area contributed by atoms with E-state index in [0.717, 1.165) is 24.9 Å². The fourth-order valence-corrected chi connectivity index (χ4v) is 2.27. The zero-order valence-corrected chi connectivity index (χ0v) is 14.9. The normalized spacial score (nSPS) is 13.9. The molecule has 1 aliphatic carbocycles. The molecule has 0 aliphatic heterocycles. The van der Waals surface area contributed by atoms with Crippen LogP contribution in [0.4, 0.5) is 0 Å². The van der Waals surface area contributed by atoms with E-state index in [-0.39, 0.29) is 17.7 Å². The maximum atomic E-state index is 11.6. The van der Waals surface area contributed by atoms with Crippen LogP contribution in [0.15, 0.2) is 29.3 Å². The highest BCUT2D eigenvalue weighted by atomic mass is 16.2. The van der Waals surface area contributed by atoms with Gasteiger partial charge >= 0.3 is 0 Å². The number of hydrogen-bond donors (Lipinski definition) is 4. The smallest absolute Gasteiger partial charge is 0.251 e. The van der Waals surface area contributed by atoms with Crippen LogP contribution in [0.2, 0.25) is 0 Å². The van der Waals surface area contributed by atoms with E-state index in [0.29, 0.717) is 31.2 Å². The maximum absolute atomic E-state index is 11.6. The number of guanidine groups is 1. The minimum atomic E-state index is -0.0988. The van der Waals surface area contributed by atoms with Gasteiger partial charge in [0.25, 0.3) is 5.91 Å². The fraction of sp³-hybridized carbons (Fsp3) is 0.500. The number of aliphatic imine (C=N–C) groups is 1. The first-order chi connectivity index (χ1) is 12.1. The van der Waals surface area contributed by atoms with E-state index in [1.807, 2.05) is 19.1 Å². The standard InChI is InChI=1S/C18H27N5O2/c1-3-20-18(22-11-10-21-17(25)15-8-9-15)23-12-13-4-6-14(7-5-13)16(24)19-2/h4-7,15H,3,8-12H2,1-2H3,(H,19,24)(H,21,25)(H2,20,22,23). The lowest BCUT2D eigenvalue weighted by molar-refractivity contribution is -0.122. The molecular weight excluding hydrogens is 318 g/mol. The lowest BCUT2D eigenvalue weighted by Crippen LogP contribution is -2.41. The molecule has 0 saturated heterocycles. The molecule has 7 nitrogen and oxygen atoms in total. The summed E-state index contributed by atoms with van der Waals surface area (Å²) in [5.41, 5.74) is 1.65. The molecule has 1 aromatic carbocycles. The Kier molecular flexibility index (Phi) is 7.25. The Morgan fingerprint density at radius 2 is 1.76 bits per heavy atom. The molecule has 2 rings (SSSR count). The highest BCUT2D eigenvalue weighted by Gasteiger charge is 2.28. The SMILES string of the molecule is CCNC(=NCc1ccc(C(=O)NC)cc1)NCCNC(=O)C1CC1. The molecular formula is C18H27N5O2. The van der Waals surface area contributed by atoms with Gasteiger partial charge in [-0.3, -0.25) is 9.59 Å². The van der Waals surface area contributed by atoms with Crippen LogP contribution in [0.1, 0.15) is 35.7 Å². The van der Waals surface area contributed by atoms with Gasteiger partial charge in [0.2, 0.25) is 5.91 Å². The van der Waals surface area contributed by atoms with Gasteiger partial charge in [0.05, 0.1) is 6.54 Å². The maximum Gasteiger partial charge on any atom is 0.251 e.